The molecule has 0 spiro atoms. The fourth-order valence-electron chi connectivity index (χ4n) is 2.65. The molecule has 1 N–H and O–H groups in total. The third-order valence-corrected chi connectivity index (χ3v) is 3.87. The largest absolute Gasteiger partial charge is 0.348 e. The molecule has 0 saturated heterocycles. The number of aliphatic imine (C=N–C) groups is 2. The molecule has 0 radical (unpaired) electrons. The lowest BCUT2D eigenvalue weighted by molar-refractivity contribution is 0.451. The van der Waals surface area contributed by atoms with Gasteiger partial charge in [0.1, 0.15) is 5.70 Å². The second-order valence-corrected chi connectivity index (χ2v) is 4.89. The van der Waals surface area contributed by atoms with Crippen LogP contribution in [0.15, 0.2) is 33.7 Å². The molecule has 3 heteroatoms. The van der Waals surface area contributed by atoms with Crippen molar-refractivity contribution in [1.29, 1.82) is 0 Å². The SMILES string of the molecule is C=C1N=CNC2=C1N=CC1(C(C)C)CC21. The minimum Gasteiger partial charge on any atom is -0.348 e. The van der Waals surface area contributed by atoms with Gasteiger partial charge in [0, 0.05) is 23.2 Å². The van der Waals surface area contributed by atoms with Crippen LogP contribution in [0.2, 0.25) is 0 Å². The first-order chi connectivity index (χ1) is 7.15. The van der Waals surface area contributed by atoms with E-state index in [0.29, 0.717) is 17.3 Å². The lowest BCUT2D eigenvalue weighted by Gasteiger charge is -2.25. The van der Waals surface area contributed by atoms with E-state index in [9.17, 15) is 0 Å². The van der Waals surface area contributed by atoms with E-state index in [2.05, 4.69) is 41.9 Å². The molecule has 2 heterocycles. The van der Waals surface area contributed by atoms with Crippen LogP contribution in [0.3, 0.4) is 0 Å². The third kappa shape index (κ3) is 1.01. The molecule has 2 atom stereocenters. The van der Waals surface area contributed by atoms with Gasteiger partial charge in [-0.3, -0.25) is 4.99 Å². The second-order valence-electron chi connectivity index (χ2n) is 4.89. The third-order valence-electron chi connectivity index (χ3n) is 3.87. The van der Waals surface area contributed by atoms with Crippen LogP contribution >= 0.6 is 0 Å². The Morgan fingerprint density at radius 1 is 1.53 bits per heavy atom. The van der Waals surface area contributed by atoms with Crippen LogP contribution in [0, 0.1) is 17.3 Å². The fourth-order valence-corrected chi connectivity index (χ4v) is 2.65. The quantitative estimate of drug-likeness (QED) is 0.693. The van der Waals surface area contributed by atoms with Crippen molar-refractivity contribution in [3.8, 4) is 0 Å². The van der Waals surface area contributed by atoms with Crippen molar-refractivity contribution in [3.63, 3.8) is 0 Å². The topological polar surface area (TPSA) is 36.8 Å². The van der Waals surface area contributed by atoms with Gasteiger partial charge < -0.3 is 5.32 Å². The molecule has 0 aromatic rings. The summed E-state index contributed by atoms with van der Waals surface area (Å²) in [7, 11) is 0. The van der Waals surface area contributed by atoms with Gasteiger partial charge in [0.2, 0.25) is 0 Å². The van der Waals surface area contributed by atoms with E-state index in [4.69, 9.17) is 0 Å². The summed E-state index contributed by atoms with van der Waals surface area (Å²) in [5.41, 5.74) is 3.27. The number of hydrogen-bond acceptors (Lipinski definition) is 3. The first-order valence-electron chi connectivity index (χ1n) is 5.43. The Morgan fingerprint density at radius 2 is 2.33 bits per heavy atom. The van der Waals surface area contributed by atoms with E-state index in [1.807, 2.05) is 0 Å². The molecule has 0 bridgehead atoms. The minimum absolute atomic E-state index is 0.303. The van der Waals surface area contributed by atoms with Gasteiger partial charge in [0.25, 0.3) is 0 Å². The average molecular weight is 201 g/mol. The Labute approximate surface area is 89.7 Å². The Hall–Kier alpha value is -1.38. The van der Waals surface area contributed by atoms with E-state index in [1.54, 1.807) is 6.34 Å². The summed E-state index contributed by atoms with van der Waals surface area (Å²) in [6.07, 6.45) is 5.06. The smallest absolute Gasteiger partial charge is 0.107 e. The van der Waals surface area contributed by atoms with Crippen molar-refractivity contribution in [3.05, 3.63) is 23.7 Å². The van der Waals surface area contributed by atoms with Gasteiger partial charge in [0.15, 0.2) is 0 Å². The number of hydrogen-bond donors (Lipinski definition) is 1. The second kappa shape index (κ2) is 2.60. The predicted octanol–water partition coefficient (Wildman–Crippen LogP) is 2.09. The van der Waals surface area contributed by atoms with Crippen LogP contribution in [-0.4, -0.2) is 12.6 Å². The highest BCUT2D eigenvalue weighted by molar-refractivity contribution is 5.79. The Bertz CT molecular complexity index is 428. The van der Waals surface area contributed by atoms with Crippen LogP contribution in [0.25, 0.3) is 0 Å². The molecule has 3 rings (SSSR count). The van der Waals surface area contributed by atoms with Crippen LogP contribution in [0.4, 0.5) is 0 Å². The summed E-state index contributed by atoms with van der Waals surface area (Å²) in [5, 5.41) is 3.24. The van der Waals surface area contributed by atoms with Gasteiger partial charge in [-0.1, -0.05) is 20.4 Å². The standard InChI is InChI=1S/C12H15N3/c1-7(2)12-4-9(12)11-10(13-5-12)8(3)14-6-15-11/h5-7,9H,3-4H2,1-2H3,(H,14,15). The van der Waals surface area contributed by atoms with Crippen molar-refractivity contribution in [2.75, 3.05) is 0 Å². The lowest BCUT2D eigenvalue weighted by Crippen LogP contribution is -2.27. The summed E-state index contributed by atoms with van der Waals surface area (Å²) < 4.78 is 0. The van der Waals surface area contributed by atoms with Gasteiger partial charge in [-0.05, 0) is 12.3 Å². The van der Waals surface area contributed by atoms with Crippen molar-refractivity contribution >= 4 is 12.6 Å². The van der Waals surface area contributed by atoms with Crippen LogP contribution in [0.1, 0.15) is 20.3 Å². The van der Waals surface area contributed by atoms with Gasteiger partial charge in [-0.15, -0.1) is 0 Å². The van der Waals surface area contributed by atoms with E-state index in [1.165, 1.54) is 12.1 Å². The van der Waals surface area contributed by atoms with Crippen molar-refractivity contribution < 1.29 is 0 Å². The lowest BCUT2D eigenvalue weighted by atomic mass is 9.88. The maximum atomic E-state index is 4.53. The maximum Gasteiger partial charge on any atom is 0.107 e. The molecule has 2 aliphatic heterocycles. The highest BCUT2D eigenvalue weighted by Gasteiger charge is 2.59. The number of fused-ring (bicyclic) bond motifs is 2. The zero-order valence-corrected chi connectivity index (χ0v) is 9.12. The molecule has 1 saturated carbocycles. The number of rotatable bonds is 1. The fraction of sp³-hybridized carbons (Fsp3) is 0.500. The Balaban J connectivity index is 2.00. The molecule has 0 amide bonds. The zero-order valence-electron chi connectivity index (χ0n) is 9.12. The van der Waals surface area contributed by atoms with Crippen LogP contribution in [0.5, 0.6) is 0 Å². The predicted molar refractivity (Wildman–Crippen MR) is 61.7 cm³/mol. The Kier molecular flexibility index (Phi) is 1.54. The zero-order chi connectivity index (χ0) is 10.6. The molecule has 78 valence electrons. The summed E-state index contributed by atoms with van der Waals surface area (Å²) in [6, 6.07) is 0. The molecular weight excluding hydrogens is 186 g/mol. The van der Waals surface area contributed by atoms with E-state index in [0.717, 1.165) is 11.4 Å². The van der Waals surface area contributed by atoms with Crippen molar-refractivity contribution in [1.82, 2.24) is 5.32 Å². The molecular formula is C12H15N3. The molecule has 0 aromatic carbocycles. The summed E-state index contributed by atoms with van der Waals surface area (Å²) >= 11 is 0. The summed E-state index contributed by atoms with van der Waals surface area (Å²) in [5.74, 6) is 1.25. The van der Waals surface area contributed by atoms with E-state index < -0.39 is 0 Å². The number of nitrogens with zero attached hydrogens (tertiary/aromatic N) is 2. The molecule has 2 unspecified atom stereocenters. The van der Waals surface area contributed by atoms with Crippen molar-refractivity contribution in [2.24, 2.45) is 27.2 Å². The van der Waals surface area contributed by atoms with Crippen LogP contribution in [-0.2, 0) is 0 Å². The normalized spacial score (nSPS) is 36.5. The Morgan fingerprint density at radius 3 is 3.07 bits per heavy atom. The van der Waals surface area contributed by atoms with Gasteiger partial charge in [-0.2, -0.15) is 0 Å². The molecule has 0 aromatic heterocycles. The van der Waals surface area contributed by atoms with Gasteiger partial charge in [-0.25, -0.2) is 4.99 Å². The highest BCUT2D eigenvalue weighted by Crippen LogP contribution is 2.62. The minimum atomic E-state index is 0.303. The van der Waals surface area contributed by atoms with Gasteiger partial charge in [0.05, 0.1) is 12.0 Å². The molecule has 15 heavy (non-hydrogen) atoms. The molecule has 1 aliphatic carbocycles. The molecule has 3 nitrogen and oxygen atoms in total. The summed E-state index contributed by atoms with van der Waals surface area (Å²) in [4.78, 5) is 8.66. The molecule has 3 aliphatic rings. The van der Waals surface area contributed by atoms with Gasteiger partial charge >= 0.3 is 0 Å². The van der Waals surface area contributed by atoms with Crippen LogP contribution < -0.4 is 5.32 Å². The van der Waals surface area contributed by atoms with Crippen molar-refractivity contribution in [2.45, 2.75) is 20.3 Å². The summed E-state index contributed by atoms with van der Waals surface area (Å²) in [6.45, 7) is 8.44. The highest BCUT2D eigenvalue weighted by atomic mass is 15.1. The van der Waals surface area contributed by atoms with E-state index in [-0.39, 0.29) is 0 Å². The monoisotopic (exact) mass is 201 g/mol. The average Bonchev–Trinajstić information content (AvgIpc) is 2.94. The first kappa shape index (κ1) is 8.89. The maximum absolute atomic E-state index is 4.53. The van der Waals surface area contributed by atoms with E-state index >= 15 is 0 Å². The number of allylic oxidation sites excluding steroid dienone is 1. The molecule has 1 fully saturated rings. The number of nitrogens with one attached hydrogen (secondary N) is 1. The first-order valence-corrected chi connectivity index (χ1v) is 5.43.